The lowest BCUT2D eigenvalue weighted by molar-refractivity contribution is 0.415. The Morgan fingerprint density at radius 3 is 2.90 bits per heavy atom. The zero-order valence-corrected chi connectivity index (χ0v) is 11.9. The van der Waals surface area contributed by atoms with Gasteiger partial charge in [0.05, 0.1) is 23.0 Å². The number of hydrogen-bond donors (Lipinski definition) is 0. The summed E-state index contributed by atoms with van der Waals surface area (Å²) in [7, 11) is 1.65. The summed E-state index contributed by atoms with van der Waals surface area (Å²) in [5.41, 5.74) is 2.25. The van der Waals surface area contributed by atoms with Gasteiger partial charge in [0, 0.05) is 18.5 Å². The van der Waals surface area contributed by atoms with Gasteiger partial charge in [-0.2, -0.15) is 0 Å². The van der Waals surface area contributed by atoms with Gasteiger partial charge in [-0.15, -0.1) is 0 Å². The Labute approximate surface area is 123 Å². The van der Waals surface area contributed by atoms with E-state index in [4.69, 9.17) is 4.74 Å². The lowest BCUT2D eigenvalue weighted by Crippen LogP contribution is -1.85. The lowest BCUT2D eigenvalue weighted by Gasteiger charge is -1.98. The number of aromatic nitrogens is 3. The Kier molecular flexibility index (Phi) is 2.65. The lowest BCUT2D eigenvalue weighted by atomic mass is 10.3. The smallest absolute Gasteiger partial charge is 0.195 e. The van der Waals surface area contributed by atoms with Crippen LogP contribution in [0.3, 0.4) is 0 Å². The molecule has 0 aliphatic carbocycles. The zero-order valence-electron chi connectivity index (χ0n) is 11.1. The van der Waals surface area contributed by atoms with Crippen molar-refractivity contribution < 1.29 is 9.13 Å². The van der Waals surface area contributed by atoms with E-state index in [1.54, 1.807) is 18.4 Å². The number of pyridine rings is 1. The molecule has 104 valence electrons. The van der Waals surface area contributed by atoms with E-state index >= 15 is 0 Å². The summed E-state index contributed by atoms with van der Waals surface area (Å²) in [6.45, 7) is 0. The van der Waals surface area contributed by atoms with Gasteiger partial charge in [0.2, 0.25) is 0 Å². The molecule has 0 aliphatic rings. The molecule has 3 heterocycles. The van der Waals surface area contributed by atoms with E-state index in [0.29, 0.717) is 11.4 Å². The SMILES string of the molecule is COc1ccc2c(c1)sc1nc(-c3cc([18F])ccn3)cn12. The van der Waals surface area contributed by atoms with Crippen LogP contribution in [0.2, 0.25) is 0 Å². The van der Waals surface area contributed by atoms with Gasteiger partial charge in [0.25, 0.3) is 0 Å². The molecule has 0 saturated carbocycles. The second-order valence-corrected chi connectivity index (χ2v) is 5.58. The Hall–Kier alpha value is -2.47. The molecule has 0 saturated heterocycles. The quantitative estimate of drug-likeness (QED) is 0.565. The van der Waals surface area contributed by atoms with Gasteiger partial charge < -0.3 is 4.74 Å². The second-order valence-electron chi connectivity index (χ2n) is 4.57. The largest absolute Gasteiger partial charge is 0.497 e. The average Bonchev–Trinajstić information content (AvgIpc) is 3.04. The standard InChI is InChI=1S/C15H10FN3OS/c1-20-10-2-3-13-14(7-10)21-15-18-12(8-19(13)15)11-6-9(16)4-5-17-11/h2-8H,1H3/i16-1. The van der Waals surface area contributed by atoms with Crippen LogP contribution in [0, 0.1) is 5.82 Å². The number of halogens is 1. The van der Waals surface area contributed by atoms with Gasteiger partial charge in [-0.3, -0.25) is 9.38 Å². The highest BCUT2D eigenvalue weighted by molar-refractivity contribution is 7.23. The fourth-order valence-corrected chi connectivity index (χ4v) is 3.31. The molecule has 0 fully saturated rings. The molecule has 0 atom stereocenters. The first-order valence-electron chi connectivity index (χ1n) is 6.32. The van der Waals surface area contributed by atoms with E-state index < -0.39 is 0 Å². The fourth-order valence-electron chi connectivity index (χ4n) is 2.28. The minimum atomic E-state index is -0.314. The van der Waals surface area contributed by atoms with Crippen LogP contribution in [0.15, 0.2) is 42.7 Å². The van der Waals surface area contributed by atoms with Crippen LogP contribution < -0.4 is 4.74 Å². The molecule has 0 radical (unpaired) electrons. The normalized spacial score (nSPS) is 11.3. The van der Waals surface area contributed by atoms with Crippen LogP contribution in [-0.2, 0) is 0 Å². The van der Waals surface area contributed by atoms with Crippen molar-refractivity contribution in [2.75, 3.05) is 7.11 Å². The molecule has 0 unspecified atom stereocenters. The van der Waals surface area contributed by atoms with Gasteiger partial charge in [-0.05, 0) is 24.3 Å². The topological polar surface area (TPSA) is 39.4 Å². The van der Waals surface area contributed by atoms with Crippen molar-refractivity contribution in [1.29, 1.82) is 0 Å². The number of hydrogen-bond acceptors (Lipinski definition) is 4. The summed E-state index contributed by atoms with van der Waals surface area (Å²) in [5.74, 6) is 0.505. The van der Waals surface area contributed by atoms with Crippen molar-refractivity contribution in [2.45, 2.75) is 0 Å². The molecule has 4 rings (SSSR count). The van der Waals surface area contributed by atoms with Crippen LogP contribution in [0.1, 0.15) is 0 Å². The number of imidazole rings is 1. The van der Waals surface area contributed by atoms with Crippen molar-refractivity contribution in [3.05, 3.63) is 48.5 Å². The third-order valence-corrected chi connectivity index (χ3v) is 4.30. The summed E-state index contributed by atoms with van der Waals surface area (Å²) in [6, 6.07) is 8.59. The molecule has 0 N–H and O–H groups in total. The van der Waals surface area contributed by atoms with E-state index in [1.165, 1.54) is 18.3 Å². The molecule has 0 aliphatic heterocycles. The third kappa shape index (κ3) is 1.95. The van der Waals surface area contributed by atoms with Gasteiger partial charge in [0.1, 0.15) is 17.3 Å². The molecule has 6 heteroatoms. The Balaban J connectivity index is 1.91. The number of benzene rings is 1. The number of thiazole rings is 1. The predicted octanol–water partition coefficient (Wildman–Crippen LogP) is 3.76. The average molecular weight is 298 g/mol. The molecule has 4 aromatic rings. The fraction of sp³-hybridized carbons (Fsp3) is 0.0667. The first kappa shape index (κ1) is 12.3. The molecular weight excluding hydrogens is 288 g/mol. The first-order chi connectivity index (χ1) is 10.2. The van der Waals surface area contributed by atoms with Gasteiger partial charge >= 0.3 is 0 Å². The van der Waals surface area contributed by atoms with Crippen molar-refractivity contribution in [3.8, 4) is 17.1 Å². The van der Waals surface area contributed by atoms with E-state index in [2.05, 4.69) is 9.97 Å². The number of fused-ring (bicyclic) bond motifs is 3. The monoisotopic (exact) mass is 298 g/mol. The van der Waals surface area contributed by atoms with Crippen LogP contribution in [0.25, 0.3) is 26.6 Å². The van der Waals surface area contributed by atoms with Gasteiger partial charge in [-0.25, -0.2) is 9.37 Å². The maximum atomic E-state index is 13.3. The second kappa shape index (κ2) is 4.53. The zero-order chi connectivity index (χ0) is 14.4. The minimum absolute atomic E-state index is 0.314. The molecule has 0 amide bonds. The summed E-state index contributed by atoms with van der Waals surface area (Å²) >= 11 is 1.56. The Morgan fingerprint density at radius 2 is 2.10 bits per heavy atom. The summed E-state index contributed by atoms with van der Waals surface area (Å²) < 4.78 is 21.6. The summed E-state index contributed by atoms with van der Waals surface area (Å²) in [4.78, 5) is 9.54. The van der Waals surface area contributed by atoms with E-state index in [-0.39, 0.29) is 5.82 Å². The molecular formula is C15H10FN3OS. The van der Waals surface area contributed by atoms with Crippen molar-refractivity contribution >= 4 is 26.5 Å². The highest BCUT2D eigenvalue weighted by Crippen LogP contribution is 2.31. The molecule has 21 heavy (non-hydrogen) atoms. The van der Waals surface area contributed by atoms with E-state index in [9.17, 15) is 4.39 Å². The highest BCUT2D eigenvalue weighted by Gasteiger charge is 2.12. The highest BCUT2D eigenvalue weighted by atomic mass is 32.1. The van der Waals surface area contributed by atoms with Crippen molar-refractivity contribution in [1.82, 2.24) is 14.4 Å². The maximum Gasteiger partial charge on any atom is 0.195 e. The number of nitrogens with zero attached hydrogens (tertiary/aromatic N) is 3. The molecule has 0 bridgehead atoms. The van der Waals surface area contributed by atoms with Gasteiger partial charge in [0.15, 0.2) is 4.96 Å². The number of ether oxygens (including phenoxy) is 1. The van der Waals surface area contributed by atoms with Gasteiger partial charge in [-0.1, -0.05) is 11.3 Å². The Bertz CT molecular complexity index is 960. The number of rotatable bonds is 2. The molecule has 3 aromatic heterocycles. The maximum absolute atomic E-state index is 13.3. The number of methoxy groups -OCH3 is 1. The third-order valence-electron chi connectivity index (χ3n) is 3.29. The Morgan fingerprint density at radius 1 is 1.19 bits per heavy atom. The van der Waals surface area contributed by atoms with Crippen molar-refractivity contribution in [2.24, 2.45) is 0 Å². The summed E-state index contributed by atoms with van der Waals surface area (Å²) in [6.07, 6.45) is 3.32. The molecule has 0 spiro atoms. The minimum Gasteiger partial charge on any atom is -0.497 e. The van der Waals surface area contributed by atoms with Crippen LogP contribution in [-0.4, -0.2) is 21.5 Å². The molecule has 1 aromatic carbocycles. The summed E-state index contributed by atoms with van der Waals surface area (Å²) in [5, 5.41) is 0. The van der Waals surface area contributed by atoms with Crippen LogP contribution in [0.5, 0.6) is 5.75 Å². The van der Waals surface area contributed by atoms with E-state index in [1.807, 2.05) is 28.8 Å². The molecule has 4 nitrogen and oxygen atoms in total. The van der Waals surface area contributed by atoms with E-state index in [0.717, 1.165) is 20.9 Å². The predicted molar refractivity (Wildman–Crippen MR) is 80.3 cm³/mol. The van der Waals surface area contributed by atoms with Crippen molar-refractivity contribution in [3.63, 3.8) is 0 Å². The van der Waals surface area contributed by atoms with Crippen LogP contribution in [0.4, 0.5) is 4.39 Å². The van der Waals surface area contributed by atoms with Crippen LogP contribution >= 0.6 is 11.3 Å². The first-order valence-corrected chi connectivity index (χ1v) is 7.14.